The molecule has 1 saturated heterocycles. The van der Waals surface area contributed by atoms with Crippen molar-refractivity contribution in [3.05, 3.63) is 48.5 Å². The Kier molecular flexibility index (Phi) is 9.19. The Morgan fingerprint density at radius 2 is 2.03 bits per heavy atom. The second kappa shape index (κ2) is 12.4. The Balaban J connectivity index is 1.38. The number of rotatable bonds is 12. The van der Waals surface area contributed by atoms with Crippen molar-refractivity contribution in [1.82, 2.24) is 19.5 Å². The number of benzene rings is 1. The number of amides is 1. The van der Waals surface area contributed by atoms with E-state index in [1.807, 2.05) is 6.07 Å². The molecule has 0 radical (unpaired) electrons. The van der Waals surface area contributed by atoms with Crippen molar-refractivity contribution in [2.75, 3.05) is 17.9 Å². The monoisotopic (exact) mass is 545 g/mol. The molecule has 12 heteroatoms. The van der Waals surface area contributed by atoms with Crippen molar-refractivity contribution in [1.29, 1.82) is 0 Å². The summed E-state index contributed by atoms with van der Waals surface area (Å²) in [6.07, 6.45) is 3.60. The van der Waals surface area contributed by atoms with Crippen LogP contribution in [0.1, 0.15) is 56.6 Å². The van der Waals surface area contributed by atoms with Crippen LogP contribution in [-0.4, -0.2) is 65.8 Å². The summed E-state index contributed by atoms with van der Waals surface area (Å²) in [5, 5.41) is 12.7. The molecule has 0 aliphatic carbocycles. The molecule has 3 aromatic rings. The Morgan fingerprint density at radius 1 is 1.24 bits per heavy atom. The summed E-state index contributed by atoms with van der Waals surface area (Å²) in [7, 11) is 3.27. The van der Waals surface area contributed by atoms with Gasteiger partial charge < -0.3 is 24.7 Å². The average Bonchev–Trinajstić information content (AvgIpc) is 3.50. The molecule has 0 bridgehead atoms. The van der Waals surface area contributed by atoms with Gasteiger partial charge in [0, 0.05) is 23.2 Å². The first-order valence-corrected chi connectivity index (χ1v) is 14.3. The van der Waals surface area contributed by atoms with E-state index in [1.54, 1.807) is 63.7 Å². The van der Waals surface area contributed by atoms with Crippen LogP contribution in [0.15, 0.2) is 43.0 Å². The molecule has 0 spiro atoms. The van der Waals surface area contributed by atoms with Crippen LogP contribution in [0.3, 0.4) is 0 Å². The average molecular weight is 546 g/mol. The number of imidazole rings is 1. The normalized spacial score (nSPS) is 19.8. The van der Waals surface area contributed by atoms with Gasteiger partial charge in [0.2, 0.25) is 0 Å². The highest BCUT2D eigenvalue weighted by molar-refractivity contribution is 8.77. The highest BCUT2D eigenvalue weighted by Gasteiger charge is 2.37. The molecule has 3 atom stereocenters. The lowest BCUT2D eigenvalue weighted by Crippen LogP contribution is -2.27. The van der Waals surface area contributed by atoms with E-state index in [0.717, 1.165) is 6.42 Å². The van der Waals surface area contributed by atoms with Crippen LogP contribution in [-0.2, 0) is 14.3 Å². The van der Waals surface area contributed by atoms with Gasteiger partial charge in [-0.1, -0.05) is 39.8 Å². The predicted molar refractivity (Wildman–Crippen MR) is 144 cm³/mol. The van der Waals surface area contributed by atoms with E-state index in [4.69, 9.17) is 9.47 Å². The van der Waals surface area contributed by atoms with Gasteiger partial charge in [-0.25, -0.2) is 15.0 Å². The molecule has 0 saturated carbocycles. The van der Waals surface area contributed by atoms with Gasteiger partial charge in [-0.15, -0.1) is 0 Å². The summed E-state index contributed by atoms with van der Waals surface area (Å²) >= 11 is 0. The fraction of sp³-hybridized carbons (Fsp3) is 0.480. The van der Waals surface area contributed by atoms with Crippen molar-refractivity contribution in [3.63, 3.8) is 0 Å². The van der Waals surface area contributed by atoms with Gasteiger partial charge >= 0.3 is 0 Å². The fourth-order valence-corrected chi connectivity index (χ4v) is 6.25. The summed E-state index contributed by atoms with van der Waals surface area (Å²) in [5.74, 6) is 0.634. The maximum absolute atomic E-state index is 12.6. The number of carbonyl (C=O) groups excluding carboxylic acids is 2. The van der Waals surface area contributed by atoms with E-state index in [9.17, 15) is 14.7 Å². The summed E-state index contributed by atoms with van der Waals surface area (Å²) in [6, 6.07) is 8.86. The van der Waals surface area contributed by atoms with Gasteiger partial charge in [0.15, 0.2) is 17.0 Å². The first-order valence-electron chi connectivity index (χ1n) is 12.0. The Bertz CT molecular complexity index is 1220. The molecule has 2 N–H and O–H groups in total. The number of ether oxygens (including phenoxy) is 2. The molecule has 1 amide bonds. The lowest BCUT2D eigenvalue weighted by molar-refractivity contribution is -0.117. The number of aromatic nitrogens is 4. The summed E-state index contributed by atoms with van der Waals surface area (Å²) in [5.41, 5.74) is 1.47. The number of carbonyl (C=O) groups is 2. The highest BCUT2D eigenvalue weighted by atomic mass is 33.1. The van der Waals surface area contributed by atoms with Crippen molar-refractivity contribution in [3.8, 4) is 0 Å². The third-order valence-corrected chi connectivity index (χ3v) is 8.99. The number of fused-ring (bicyclic) bond motifs is 1. The number of aliphatic hydroxyl groups excluding tert-OH is 1. The SMILES string of the molecule is CC(=O)CCC(C)(C)SSCO[C@@H]1C[C@H](n2cnc3c(NC(=O)c4ccccc4)ncnc32)O[C@@H]1CO. The van der Waals surface area contributed by atoms with E-state index in [0.29, 0.717) is 41.3 Å². The molecule has 2 aromatic heterocycles. The van der Waals surface area contributed by atoms with Crippen LogP contribution in [0, 0.1) is 0 Å². The molecule has 1 aliphatic heterocycles. The molecule has 4 rings (SSSR count). The predicted octanol–water partition coefficient (Wildman–Crippen LogP) is 4.23. The summed E-state index contributed by atoms with van der Waals surface area (Å²) < 4.78 is 13.9. The van der Waals surface area contributed by atoms with E-state index in [-0.39, 0.29) is 29.1 Å². The summed E-state index contributed by atoms with van der Waals surface area (Å²) in [4.78, 5) is 36.9. The first kappa shape index (κ1) is 27.5. The third kappa shape index (κ3) is 7.08. The van der Waals surface area contributed by atoms with Crippen molar-refractivity contribution in [2.24, 2.45) is 0 Å². The minimum absolute atomic E-state index is 0.0478. The molecular weight excluding hydrogens is 514 g/mol. The van der Waals surface area contributed by atoms with Gasteiger partial charge in [0.25, 0.3) is 5.91 Å². The van der Waals surface area contributed by atoms with E-state index < -0.39 is 12.3 Å². The maximum atomic E-state index is 12.6. The van der Waals surface area contributed by atoms with Gasteiger partial charge in [0.1, 0.15) is 30.4 Å². The zero-order valence-electron chi connectivity index (χ0n) is 21.0. The lowest BCUT2D eigenvalue weighted by Gasteiger charge is -2.23. The molecule has 0 unspecified atom stereocenters. The Morgan fingerprint density at radius 3 is 2.76 bits per heavy atom. The van der Waals surface area contributed by atoms with Crippen molar-refractivity contribution < 1.29 is 24.2 Å². The van der Waals surface area contributed by atoms with E-state index in [1.165, 1.54) is 6.33 Å². The number of hydrogen-bond acceptors (Lipinski definition) is 10. The molecule has 10 nitrogen and oxygen atoms in total. The minimum Gasteiger partial charge on any atom is -0.394 e. The van der Waals surface area contributed by atoms with E-state index in [2.05, 4.69) is 34.1 Å². The number of Topliss-reactive ketones (excluding diaryl/α,β-unsaturated/α-hetero) is 1. The molecule has 1 aliphatic rings. The van der Waals surface area contributed by atoms with Crippen LogP contribution >= 0.6 is 21.6 Å². The second-order valence-electron chi connectivity index (χ2n) is 9.40. The quantitative estimate of drug-likeness (QED) is 0.194. The first-order chi connectivity index (χ1) is 17.8. The number of hydrogen-bond donors (Lipinski definition) is 2. The van der Waals surface area contributed by atoms with Gasteiger partial charge in [-0.3, -0.25) is 9.36 Å². The maximum Gasteiger partial charge on any atom is 0.256 e. The lowest BCUT2D eigenvalue weighted by atomic mass is 10.1. The highest BCUT2D eigenvalue weighted by Crippen LogP contribution is 2.40. The third-order valence-electron chi connectivity index (χ3n) is 5.99. The molecule has 37 heavy (non-hydrogen) atoms. The molecular formula is C25H31N5O5S2. The van der Waals surface area contributed by atoms with Gasteiger partial charge in [-0.05, 0) is 39.3 Å². The zero-order valence-corrected chi connectivity index (χ0v) is 22.6. The standard InChI is InChI=1S/C25H31N5O5S2/c1-16(32)9-10-25(2,3)37-36-15-34-18-11-20(35-19(18)12-31)30-14-28-21-22(26-13-27-23(21)30)29-24(33)17-7-5-4-6-8-17/h4-8,13-14,18-20,31H,9-12,15H2,1-3H3,(H,26,27,29,33)/t18-,19-,20-/m1/s1. The topological polar surface area (TPSA) is 128 Å². The van der Waals surface area contributed by atoms with Crippen LogP contribution in [0.4, 0.5) is 5.82 Å². The smallest absolute Gasteiger partial charge is 0.256 e. The van der Waals surface area contributed by atoms with Crippen LogP contribution in [0.5, 0.6) is 0 Å². The van der Waals surface area contributed by atoms with Crippen molar-refractivity contribution >= 4 is 50.3 Å². The minimum atomic E-state index is -0.488. The number of anilines is 1. The Hall–Kier alpha value is -2.51. The van der Waals surface area contributed by atoms with E-state index >= 15 is 0 Å². The largest absolute Gasteiger partial charge is 0.394 e. The Labute approximate surface area is 223 Å². The molecule has 3 heterocycles. The number of nitrogens with zero attached hydrogens (tertiary/aromatic N) is 4. The molecule has 1 fully saturated rings. The second-order valence-corrected chi connectivity index (χ2v) is 12.4. The van der Waals surface area contributed by atoms with Crippen LogP contribution in [0.25, 0.3) is 11.2 Å². The van der Waals surface area contributed by atoms with Gasteiger partial charge in [0.05, 0.1) is 19.0 Å². The number of aliphatic hydroxyl groups is 1. The number of nitrogens with one attached hydrogen (secondary N) is 1. The fourth-order valence-electron chi connectivity index (χ4n) is 3.95. The zero-order chi connectivity index (χ0) is 26.4. The molecule has 1 aromatic carbocycles. The van der Waals surface area contributed by atoms with Crippen LogP contribution < -0.4 is 5.32 Å². The van der Waals surface area contributed by atoms with Crippen LogP contribution in [0.2, 0.25) is 0 Å². The number of ketones is 1. The van der Waals surface area contributed by atoms with Crippen molar-refractivity contribution in [2.45, 2.75) is 63.2 Å². The molecule has 198 valence electrons. The van der Waals surface area contributed by atoms with Gasteiger partial charge in [-0.2, -0.15) is 0 Å². The summed E-state index contributed by atoms with van der Waals surface area (Å²) in [6.45, 7) is 5.66.